The van der Waals surface area contributed by atoms with Crippen LogP contribution in [0, 0.1) is 28.1 Å². The van der Waals surface area contributed by atoms with Gasteiger partial charge < -0.3 is 4.74 Å². The molecule has 5 rings (SSSR count). The zero-order valence-corrected chi connectivity index (χ0v) is 20.8. The highest BCUT2D eigenvalue weighted by atomic mass is 32.2. The Morgan fingerprint density at radius 1 is 0.970 bits per heavy atom. The molecule has 6 atom stereocenters. The second-order valence-corrected chi connectivity index (χ2v) is 13.5. The summed E-state index contributed by atoms with van der Waals surface area (Å²) < 4.78 is 34.2. The Bertz CT molecular complexity index is 1160. The number of hydrogen-bond acceptors (Lipinski definition) is 4. The van der Waals surface area contributed by atoms with Crippen molar-refractivity contribution in [2.45, 2.75) is 69.8 Å². The van der Waals surface area contributed by atoms with Crippen molar-refractivity contribution in [3.8, 4) is 0 Å². The minimum absolute atomic E-state index is 0.0148. The van der Waals surface area contributed by atoms with Crippen LogP contribution in [0.5, 0.6) is 0 Å². The Labute approximate surface area is 197 Å². The van der Waals surface area contributed by atoms with Crippen molar-refractivity contribution in [1.82, 2.24) is 0 Å². The van der Waals surface area contributed by atoms with Gasteiger partial charge >= 0.3 is 0 Å². The normalized spacial score (nSPS) is 37.2. The van der Waals surface area contributed by atoms with Crippen molar-refractivity contribution in [2.75, 3.05) is 0 Å². The highest BCUT2D eigenvalue weighted by Crippen LogP contribution is 2.75. The summed E-state index contributed by atoms with van der Waals surface area (Å²) in [6, 6.07) is 18.5. The number of sulfone groups is 1. The van der Waals surface area contributed by atoms with E-state index in [2.05, 4.69) is 20.8 Å². The highest BCUT2D eigenvalue weighted by Gasteiger charge is 2.79. The van der Waals surface area contributed by atoms with Crippen LogP contribution in [0.25, 0.3) is 0 Å². The van der Waals surface area contributed by atoms with Crippen LogP contribution in [0.15, 0.2) is 65.6 Å². The smallest absolute Gasteiger partial charge is 0.188 e. The van der Waals surface area contributed by atoms with Gasteiger partial charge in [0.25, 0.3) is 0 Å². The summed E-state index contributed by atoms with van der Waals surface area (Å²) in [5.41, 5.74) is -0.172. The Morgan fingerprint density at radius 2 is 1.58 bits per heavy atom. The van der Waals surface area contributed by atoms with E-state index in [1.807, 2.05) is 37.3 Å². The molecule has 1 spiro atoms. The van der Waals surface area contributed by atoms with Crippen molar-refractivity contribution in [2.24, 2.45) is 28.1 Å². The maximum atomic E-state index is 14.5. The molecule has 3 saturated carbocycles. The standard InChI is InChI=1S/C28H34O4S/c1-19-22-15-16-27(4)18-26(2,3)25(32-17-20-11-7-5-8-12-20)28(22,27)24(29)23(19)33(30,31)21-13-9-6-10-14-21/h5-14,19,22-23,25H,15-18H2,1-4H3/t19-,22+,23+,25-,27+,28+/m1/s1. The summed E-state index contributed by atoms with van der Waals surface area (Å²) in [5, 5.41) is -1.01. The van der Waals surface area contributed by atoms with E-state index in [1.54, 1.807) is 30.3 Å². The minimum atomic E-state index is -3.78. The summed E-state index contributed by atoms with van der Waals surface area (Å²) in [7, 11) is -3.78. The SMILES string of the molecule is C[C@H]1[C@H](S(=O)(=O)c2ccccc2)C(=O)[C@@]23[C@H](OCc4ccccc4)C(C)(C)C[C@]2(C)CC[C@@H]13. The molecule has 3 fully saturated rings. The molecule has 3 aliphatic rings. The van der Waals surface area contributed by atoms with E-state index in [9.17, 15) is 13.2 Å². The van der Waals surface area contributed by atoms with Crippen LogP contribution in [0.3, 0.4) is 0 Å². The maximum Gasteiger partial charge on any atom is 0.188 e. The van der Waals surface area contributed by atoms with E-state index in [1.165, 1.54) is 0 Å². The number of ether oxygens (including phenoxy) is 1. The zero-order valence-electron chi connectivity index (χ0n) is 20.0. The van der Waals surface area contributed by atoms with E-state index < -0.39 is 20.5 Å². The molecule has 0 unspecified atom stereocenters. The topological polar surface area (TPSA) is 60.4 Å². The highest BCUT2D eigenvalue weighted by molar-refractivity contribution is 7.92. The fourth-order valence-corrected chi connectivity index (χ4v) is 10.1. The Morgan fingerprint density at radius 3 is 2.21 bits per heavy atom. The van der Waals surface area contributed by atoms with Crippen molar-refractivity contribution in [1.29, 1.82) is 0 Å². The molecule has 2 aromatic rings. The van der Waals surface area contributed by atoms with Crippen molar-refractivity contribution < 1.29 is 17.9 Å². The van der Waals surface area contributed by atoms with E-state index >= 15 is 0 Å². The van der Waals surface area contributed by atoms with E-state index in [0.717, 1.165) is 24.8 Å². The molecule has 3 aliphatic carbocycles. The van der Waals surface area contributed by atoms with E-state index in [0.29, 0.717) is 6.61 Å². The third kappa shape index (κ3) is 3.04. The van der Waals surface area contributed by atoms with Gasteiger partial charge in [0.05, 0.1) is 23.0 Å². The predicted molar refractivity (Wildman–Crippen MR) is 128 cm³/mol. The molecular weight excluding hydrogens is 432 g/mol. The summed E-state index contributed by atoms with van der Waals surface area (Å²) >= 11 is 0. The third-order valence-electron chi connectivity index (χ3n) is 9.00. The lowest BCUT2D eigenvalue weighted by Gasteiger charge is -2.42. The van der Waals surface area contributed by atoms with Crippen LogP contribution in [-0.2, 0) is 26.0 Å². The lowest BCUT2D eigenvalue weighted by atomic mass is 9.64. The molecular formula is C28H34O4S. The van der Waals surface area contributed by atoms with Crippen LogP contribution in [0.1, 0.15) is 52.5 Å². The second-order valence-electron chi connectivity index (χ2n) is 11.4. The fraction of sp³-hybridized carbons (Fsp3) is 0.536. The predicted octanol–water partition coefficient (Wildman–Crippen LogP) is 5.47. The summed E-state index contributed by atoms with van der Waals surface area (Å²) in [4.78, 5) is 14.7. The summed E-state index contributed by atoms with van der Waals surface area (Å²) in [6.07, 6.45) is 2.38. The van der Waals surface area contributed by atoms with Crippen LogP contribution >= 0.6 is 0 Å². The first-order valence-electron chi connectivity index (χ1n) is 12.0. The maximum absolute atomic E-state index is 14.5. The van der Waals surface area contributed by atoms with E-state index in [-0.39, 0.29) is 39.4 Å². The molecule has 0 aromatic heterocycles. The molecule has 4 nitrogen and oxygen atoms in total. The third-order valence-corrected chi connectivity index (χ3v) is 11.2. The Hall–Kier alpha value is -1.98. The van der Waals surface area contributed by atoms with Gasteiger partial charge in [-0.05, 0) is 59.6 Å². The number of carbonyl (C=O) groups is 1. The Kier molecular flexibility index (Phi) is 5.19. The van der Waals surface area contributed by atoms with Crippen LogP contribution < -0.4 is 0 Å². The number of benzene rings is 2. The number of rotatable bonds is 5. The molecule has 0 aliphatic heterocycles. The van der Waals surface area contributed by atoms with Crippen molar-refractivity contribution in [3.05, 3.63) is 66.2 Å². The first-order valence-corrected chi connectivity index (χ1v) is 13.6. The fourth-order valence-electron chi connectivity index (χ4n) is 8.08. The lowest BCUT2D eigenvalue weighted by Crippen LogP contribution is -2.51. The monoisotopic (exact) mass is 466 g/mol. The zero-order chi connectivity index (χ0) is 23.6. The van der Waals surface area contributed by atoms with Gasteiger partial charge in [0.15, 0.2) is 15.6 Å². The van der Waals surface area contributed by atoms with Crippen molar-refractivity contribution >= 4 is 15.6 Å². The largest absolute Gasteiger partial charge is 0.372 e. The summed E-state index contributed by atoms with van der Waals surface area (Å²) in [6.45, 7) is 9.00. The average Bonchev–Trinajstić information content (AvgIpc) is 3.26. The molecule has 33 heavy (non-hydrogen) atoms. The Balaban J connectivity index is 1.60. The number of carbonyl (C=O) groups excluding carboxylic acids is 1. The molecule has 5 heteroatoms. The van der Waals surface area contributed by atoms with Crippen molar-refractivity contribution in [3.63, 3.8) is 0 Å². The second kappa shape index (κ2) is 7.51. The summed E-state index contributed by atoms with van der Waals surface area (Å²) in [5.74, 6) is -0.324. The van der Waals surface area contributed by atoms with Gasteiger partial charge in [-0.3, -0.25) is 4.79 Å². The average molecular weight is 467 g/mol. The van der Waals surface area contributed by atoms with Gasteiger partial charge in [0, 0.05) is 0 Å². The lowest BCUT2D eigenvalue weighted by molar-refractivity contribution is -0.149. The number of hydrogen-bond donors (Lipinski definition) is 0. The molecule has 0 N–H and O–H groups in total. The first kappa shape index (κ1) is 22.8. The van der Waals surface area contributed by atoms with Crippen LogP contribution in [0.4, 0.5) is 0 Å². The van der Waals surface area contributed by atoms with Crippen LogP contribution in [0.2, 0.25) is 0 Å². The first-order chi connectivity index (χ1) is 15.6. The molecule has 0 saturated heterocycles. The van der Waals surface area contributed by atoms with Crippen LogP contribution in [-0.4, -0.2) is 25.6 Å². The molecule has 0 bridgehead atoms. The molecule has 0 radical (unpaired) electrons. The van der Waals surface area contributed by atoms with Gasteiger partial charge in [0.2, 0.25) is 0 Å². The van der Waals surface area contributed by atoms with E-state index in [4.69, 9.17) is 4.74 Å². The molecule has 2 aromatic carbocycles. The van der Waals surface area contributed by atoms with Gasteiger partial charge in [-0.1, -0.05) is 76.2 Å². The molecule has 176 valence electrons. The van der Waals surface area contributed by atoms with Gasteiger partial charge in [-0.15, -0.1) is 0 Å². The van der Waals surface area contributed by atoms with Gasteiger partial charge in [-0.25, -0.2) is 8.42 Å². The van der Waals surface area contributed by atoms with Gasteiger partial charge in [0.1, 0.15) is 5.25 Å². The molecule has 0 amide bonds. The van der Waals surface area contributed by atoms with Gasteiger partial charge in [-0.2, -0.15) is 0 Å². The molecule has 0 heterocycles. The quantitative estimate of drug-likeness (QED) is 0.587. The number of ketones is 1. The number of Topliss-reactive ketones (excluding diaryl/α,β-unsaturated/α-hetero) is 1. The minimum Gasteiger partial charge on any atom is -0.372 e.